The summed E-state index contributed by atoms with van der Waals surface area (Å²) >= 11 is 0. The third kappa shape index (κ3) is 3.97. The van der Waals surface area contributed by atoms with Gasteiger partial charge in [0.2, 0.25) is 0 Å². The van der Waals surface area contributed by atoms with E-state index < -0.39 is 0 Å². The second kappa shape index (κ2) is 8.85. The van der Waals surface area contributed by atoms with E-state index in [1.54, 1.807) is 0 Å². The van der Waals surface area contributed by atoms with Gasteiger partial charge in [-0.3, -0.25) is 10.2 Å². The number of nitriles is 1. The number of fused-ring (bicyclic) bond motifs is 1. The minimum absolute atomic E-state index is 0.0769. The van der Waals surface area contributed by atoms with Gasteiger partial charge in [0.25, 0.3) is 0 Å². The van der Waals surface area contributed by atoms with Gasteiger partial charge in [0.05, 0.1) is 30.0 Å². The van der Waals surface area contributed by atoms with Crippen LogP contribution in [0.1, 0.15) is 29.2 Å². The van der Waals surface area contributed by atoms with E-state index >= 15 is 0 Å². The lowest BCUT2D eigenvalue weighted by molar-refractivity contribution is 0.247. The lowest BCUT2D eigenvalue weighted by atomic mass is 9.94. The van der Waals surface area contributed by atoms with Crippen LogP contribution < -0.4 is 10.6 Å². The minimum Gasteiger partial charge on any atom is -0.333 e. The summed E-state index contributed by atoms with van der Waals surface area (Å²) in [7, 11) is 0. The van der Waals surface area contributed by atoms with Gasteiger partial charge in [-0.2, -0.15) is 10.4 Å². The number of carbonyl (C=O) groups is 1. The largest absolute Gasteiger partial charge is 0.333 e. The van der Waals surface area contributed by atoms with Crippen molar-refractivity contribution < 1.29 is 4.79 Å². The Morgan fingerprint density at radius 1 is 1.06 bits per heavy atom. The first-order valence-electron chi connectivity index (χ1n) is 11.1. The topological polar surface area (TPSA) is 86.0 Å². The Morgan fingerprint density at radius 2 is 1.81 bits per heavy atom. The van der Waals surface area contributed by atoms with E-state index in [9.17, 15) is 4.79 Å². The number of para-hydroxylation sites is 1. The first-order chi connectivity index (χ1) is 15.7. The average Bonchev–Trinajstić information content (AvgIpc) is 3.51. The number of aryl methyl sites for hydroxylation is 1. The fourth-order valence-corrected chi connectivity index (χ4v) is 4.89. The highest BCUT2D eigenvalue weighted by Crippen LogP contribution is 2.31. The molecule has 2 N–H and O–H groups in total. The molecule has 1 aromatic heterocycles. The molecule has 0 unspecified atom stereocenters. The Morgan fingerprint density at radius 3 is 2.56 bits per heavy atom. The van der Waals surface area contributed by atoms with Gasteiger partial charge >= 0.3 is 6.03 Å². The van der Waals surface area contributed by atoms with Gasteiger partial charge in [0.15, 0.2) is 0 Å². The van der Waals surface area contributed by atoms with Gasteiger partial charge in [-0.1, -0.05) is 48.5 Å². The minimum atomic E-state index is -0.235. The van der Waals surface area contributed by atoms with Crippen LogP contribution in [0, 0.1) is 11.3 Å². The summed E-state index contributed by atoms with van der Waals surface area (Å²) in [5.74, 6) is 0.893. The van der Waals surface area contributed by atoms with Crippen molar-refractivity contribution in [2.75, 3.05) is 25.0 Å². The molecule has 0 spiro atoms. The summed E-state index contributed by atoms with van der Waals surface area (Å²) in [6.07, 6.45) is 2.92. The van der Waals surface area contributed by atoms with Gasteiger partial charge in [-0.05, 0) is 37.0 Å². The van der Waals surface area contributed by atoms with E-state index in [1.807, 2.05) is 53.2 Å². The zero-order valence-corrected chi connectivity index (χ0v) is 17.9. The summed E-state index contributed by atoms with van der Waals surface area (Å²) in [6, 6.07) is 22.0. The third-order valence-corrected chi connectivity index (χ3v) is 6.37. The van der Waals surface area contributed by atoms with Gasteiger partial charge < -0.3 is 5.32 Å². The molecule has 162 valence electrons. The van der Waals surface area contributed by atoms with Crippen molar-refractivity contribution >= 4 is 11.8 Å². The van der Waals surface area contributed by atoms with E-state index in [4.69, 9.17) is 10.4 Å². The highest BCUT2D eigenvalue weighted by atomic mass is 16.2. The second-order valence-corrected chi connectivity index (χ2v) is 8.45. The molecular weight excluding hydrogens is 400 g/mol. The van der Waals surface area contributed by atoms with Crippen LogP contribution in [0.15, 0.2) is 60.7 Å². The molecule has 0 radical (unpaired) electrons. The number of anilines is 1. The van der Waals surface area contributed by atoms with Crippen molar-refractivity contribution in [3.8, 4) is 11.8 Å². The van der Waals surface area contributed by atoms with Gasteiger partial charge in [-0.25, -0.2) is 9.48 Å². The number of nitrogens with zero attached hydrogens (tertiary/aromatic N) is 4. The normalized spacial score (nSPS) is 20.0. The molecule has 2 heterocycles. The molecule has 1 aliphatic carbocycles. The number of urea groups is 1. The Balaban J connectivity index is 1.37. The number of hydrogen-bond acceptors (Lipinski definition) is 4. The van der Waals surface area contributed by atoms with Crippen LogP contribution in [-0.2, 0) is 12.8 Å². The molecule has 7 heteroatoms. The molecular formula is C25H26N6O. The van der Waals surface area contributed by atoms with Crippen molar-refractivity contribution in [1.29, 1.82) is 5.26 Å². The molecule has 7 nitrogen and oxygen atoms in total. The molecule has 5 rings (SSSR count). The maximum absolute atomic E-state index is 13.1. The molecule has 2 atom stereocenters. The van der Waals surface area contributed by atoms with Crippen LogP contribution in [0.5, 0.6) is 0 Å². The van der Waals surface area contributed by atoms with Gasteiger partial charge in [0.1, 0.15) is 5.82 Å². The zero-order chi connectivity index (χ0) is 21.9. The van der Waals surface area contributed by atoms with E-state index in [0.29, 0.717) is 13.1 Å². The predicted molar refractivity (Wildman–Crippen MR) is 123 cm³/mol. The highest BCUT2D eigenvalue weighted by molar-refractivity contribution is 5.90. The first-order valence-corrected chi connectivity index (χ1v) is 11.1. The molecule has 1 aliphatic heterocycles. The molecule has 32 heavy (non-hydrogen) atoms. The summed E-state index contributed by atoms with van der Waals surface area (Å²) < 4.78 is 1.84. The number of aromatic nitrogens is 2. The lowest BCUT2D eigenvalue weighted by Gasteiger charge is -2.21. The number of hydrogen-bond donors (Lipinski definition) is 2. The smallest absolute Gasteiger partial charge is 0.320 e. The first kappa shape index (κ1) is 20.3. The van der Waals surface area contributed by atoms with E-state index in [0.717, 1.165) is 48.6 Å². The molecule has 2 aromatic carbocycles. The summed E-state index contributed by atoms with van der Waals surface area (Å²) in [5.41, 5.74) is 4.29. The molecule has 2 aliphatic rings. The Hall–Kier alpha value is -3.63. The SMILES string of the molecule is N#CCN1C[C@@H](NC(=O)Nc2c3c(nn2-c2ccccc2)CCC3)[C@H](c2ccccc2)C1. The number of likely N-dealkylation sites (tertiary alicyclic amines) is 1. The molecule has 1 saturated heterocycles. The standard InChI is InChI=1S/C25H26N6O/c26-14-15-30-16-21(18-8-3-1-4-9-18)23(17-30)27-25(32)28-24-20-12-7-13-22(20)29-31(24)19-10-5-2-6-11-19/h1-6,8-11,21,23H,7,12-13,15-17H2,(H2,27,28,32)/t21-,23+/m0/s1. The molecule has 3 aromatic rings. The van der Waals surface area contributed by atoms with Crippen LogP contribution in [0.3, 0.4) is 0 Å². The number of carbonyl (C=O) groups excluding carboxylic acids is 1. The zero-order valence-electron chi connectivity index (χ0n) is 17.9. The van der Waals surface area contributed by atoms with E-state index in [1.165, 1.54) is 5.56 Å². The van der Waals surface area contributed by atoms with Crippen LogP contribution in [-0.4, -0.2) is 46.4 Å². The van der Waals surface area contributed by atoms with Gasteiger partial charge in [-0.15, -0.1) is 0 Å². The number of benzene rings is 2. The van der Waals surface area contributed by atoms with Crippen molar-refractivity contribution in [2.24, 2.45) is 0 Å². The van der Waals surface area contributed by atoms with Gasteiger partial charge in [0, 0.05) is 24.6 Å². The van der Waals surface area contributed by atoms with Crippen molar-refractivity contribution in [2.45, 2.75) is 31.2 Å². The van der Waals surface area contributed by atoms with Crippen molar-refractivity contribution in [3.05, 3.63) is 77.5 Å². The summed E-state index contributed by atoms with van der Waals surface area (Å²) in [6.45, 7) is 1.76. The van der Waals surface area contributed by atoms with Crippen molar-refractivity contribution in [3.63, 3.8) is 0 Å². The maximum atomic E-state index is 13.1. The Labute approximate surface area is 187 Å². The summed E-state index contributed by atoms with van der Waals surface area (Å²) in [5, 5.41) is 20.2. The quantitative estimate of drug-likeness (QED) is 0.612. The second-order valence-electron chi connectivity index (χ2n) is 8.45. The number of nitrogens with one attached hydrogen (secondary N) is 2. The maximum Gasteiger partial charge on any atom is 0.320 e. The monoisotopic (exact) mass is 426 g/mol. The average molecular weight is 427 g/mol. The van der Waals surface area contributed by atoms with Crippen LogP contribution in [0.25, 0.3) is 5.69 Å². The lowest BCUT2D eigenvalue weighted by Crippen LogP contribution is -2.42. The highest BCUT2D eigenvalue weighted by Gasteiger charge is 2.35. The predicted octanol–water partition coefficient (Wildman–Crippen LogP) is 3.47. The molecule has 0 saturated carbocycles. The molecule has 2 amide bonds. The fraction of sp³-hybridized carbons (Fsp3) is 0.320. The number of amides is 2. The number of rotatable bonds is 5. The Bertz CT molecular complexity index is 1130. The Kier molecular flexibility index (Phi) is 5.61. The van der Waals surface area contributed by atoms with Crippen LogP contribution in [0.2, 0.25) is 0 Å². The molecule has 1 fully saturated rings. The van der Waals surface area contributed by atoms with Crippen LogP contribution >= 0.6 is 0 Å². The molecule has 0 bridgehead atoms. The van der Waals surface area contributed by atoms with Crippen molar-refractivity contribution in [1.82, 2.24) is 20.0 Å². The van der Waals surface area contributed by atoms with Crippen LogP contribution in [0.4, 0.5) is 10.6 Å². The third-order valence-electron chi connectivity index (χ3n) is 6.37. The van der Waals surface area contributed by atoms with E-state index in [2.05, 4.69) is 33.7 Å². The fourth-order valence-electron chi connectivity index (χ4n) is 4.89. The summed E-state index contributed by atoms with van der Waals surface area (Å²) in [4.78, 5) is 15.2. The van der Waals surface area contributed by atoms with E-state index in [-0.39, 0.29) is 18.0 Å².